The molecule has 0 aliphatic carbocycles. The zero-order chi connectivity index (χ0) is 19.9. The Labute approximate surface area is 162 Å². The molecule has 28 heavy (non-hydrogen) atoms. The third-order valence-electron chi connectivity index (χ3n) is 4.18. The van der Waals surface area contributed by atoms with E-state index in [1.54, 1.807) is 22.7 Å². The van der Waals surface area contributed by atoms with E-state index in [0.717, 1.165) is 10.2 Å². The van der Waals surface area contributed by atoms with Crippen LogP contribution < -0.4 is 20.3 Å². The van der Waals surface area contributed by atoms with Crippen molar-refractivity contribution in [2.75, 3.05) is 19.8 Å². The zero-order valence-corrected chi connectivity index (χ0v) is 16.1. The molecule has 0 radical (unpaired) electrons. The molecule has 8 nitrogen and oxygen atoms in total. The second-order valence-corrected chi connectivity index (χ2v) is 6.14. The summed E-state index contributed by atoms with van der Waals surface area (Å²) in [5, 5.41) is 6.84. The second-order valence-electron chi connectivity index (χ2n) is 6.14. The van der Waals surface area contributed by atoms with Gasteiger partial charge in [-0.3, -0.25) is 9.59 Å². The van der Waals surface area contributed by atoms with E-state index in [2.05, 4.69) is 10.4 Å². The van der Waals surface area contributed by atoms with Gasteiger partial charge in [0.2, 0.25) is 5.91 Å². The first-order valence-corrected chi connectivity index (χ1v) is 9.30. The highest BCUT2D eigenvalue weighted by Gasteiger charge is 2.09. The number of benzene rings is 1. The Hall–Kier alpha value is -3.29. The Morgan fingerprint density at radius 3 is 2.71 bits per heavy atom. The number of rotatable bonds is 9. The monoisotopic (exact) mass is 384 g/mol. The SMILES string of the molecule is CCOc1ccc(CCNC(=O)Cn2ncn3cccc3c2=O)cc1OCC. The van der Waals surface area contributed by atoms with Crippen LogP contribution in [-0.4, -0.2) is 39.8 Å². The van der Waals surface area contributed by atoms with Gasteiger partial charge in [-0.15, -0.1) is 0 Å². The van der Waals surface area contributed by atoms with E-state index < -0.39 is 0 Å². The third kappa shape index (κ3) is 4.51. The number of fused-ring (bicyclic) bond motifs is 1. The molecule has 0 saturated carbocycles. The van der Waals surface area contributed by atoms with Crippen molar-refractivity contribution in [3.05, 3.63) is 58.8 Å². The van der Waals surface area contributed by atoms with Crippen LogP contribution in [0, 0.1) is 0 Å². The predicted molar refractivity (Wildman–Crippen MR) is 105 cm³/mol. The molecule has 1 N–H and O–H groups in total. The van der Waals surface area contributed by atoms with Crippen molar-refractivity contribution in [1.29, 1.82) is 0 Å². The van der Waals surface area contributed by atoms with Gasteiger partial charge in [0.1, 0.15) is 18.4 Å². The summed E-state index contributed by atoms with van der Waals surface area (Å²) in [4.78, 5) is 24.5. The van der Waals surface area contributed by atoms with Crippen molar-refractivity contribution in [2.24, 2.45) is 0 Å². The summed E-state index contributed by atoms with van der Waals surface area (Å²) in [6.45, 7) is 5.29. The fraction of sp³-hybridized carbons (Fsp3) is 0.350. The smallest absolute Gasteiger partial charge is 0.291 e. The van der Waals surface area contributed by atoms with E-state index >= 15 is 0 Å². The van der Waals surface area contributed by atoms with Gasteiger partial charge in [-0.2, -0.15) is 5.10 Å². The van der Waals surface area contributed by atoms with Gasteiger partial charge in [0, 0.05) is 12.7 Å². The van der Waals surface area contributed by atoms with Crippen molar-refractivity contribution in [3.8, 4) is 11.5 Å². The summed E-state index contributed by atoms with van der Waals surface area (Å²) < 4.78 is 14.0. The molecule has 2 heterocycles. The fourth-order valence-corrected chi connectivity index (χ4v) is 2.88. The van der Waals surface area contributed by atoms with Crippen LogP contribution in [0.1, 0.15) is 19.4 Å². The van der Waals surface area contributed by atoms with Crippen LogP contribution >= 0.6 is 0 Å². The number of aromatic nitrogens is 3. The molecule has 0 unspecified atom stereocenters. The number of carbonyl (C=O) groups excluding carboxylic acids is 1. The summed E-state index contributed by atoms with van der Waals surface area (Å²) in [6, 6.07) is 9.21. The fourth-order valence-electron chi connectivity index (χ4n) is 2.88. The largest absolute Gasteiger partial charge is 0.490 e. The Bertz CT molecular complexity index is 1010. The van der Waals surface area contributed by atoms with E-state index in [-0.39, 0.29) is 18.0 Å². The number of carbonyl (C=O) groups is 1. The minimum absolute atomic E-state index is 0.117. The lowest BCUT2D eigenvalue weighted by atomic mass is 10.1. The molecule has 0 fully saturated rings. The highest BCUT2D eigenvalue weighted by molar-refractivity contribution is 5.75. The van der Waals surface area contributed by atoms with E-state index in [1.807, 2.05) is 32.0 Å². The van der Waals surface area contributed by atoms with E-state index in [1.165, 1.54) is 6.33 Å². The average molecular weight is 384 g/mol. The molecule has 0 saturated heterocycles. The number of nitrogens with zero attached hydrogens (tertiary/aromatic N) is 3. The summed E-state index contributed by atoms with van der Waals surface area (Å²) in [5.41, 5.74) is 1.22. The van der Waals surface area contributed by atoms with Gasteiger partial charge in [0.25, 0.3) is 5.56 Å². The van der Waals surface area contributed by atoms with Gasteiger partial charge in [-0.25, -0.2) is 4.68 Å². The van der Waals surface area contributed by atoms with Crippen molar-refractivity contribution < 1.29 is 14.3 Å². The molecule has 148 valence electrons. The molecule has 0 spiro atoms. The molecule has 1 amide bonds. The van der Waals surface area contributed by atoms with Gasteiger partial charge in [0.15, 0.2) is 11.5 Å². The minimum Gasteiger partial charge on any atom is -0.490 e. The highest BCUT2D eigenvalue weighted by atomic mass is 16.5. The lowest BCUT2D eigenvalue weighted by Crippen LogP contribution is -2.35. The van der Waals surface area contributed by atoms with Gasteiger partial charge in [0.05, 0.1) is 13.2 Å². The average Bonchev–Trinajstić information content (AvgIpc) is 3.16. The quantitative estimate of drug-likeness (QED) is 0.606. The van der Waals surface area contributed by atoms with E-state index in [4.69, 9.17) is 9.47 Å². The van der Waals surface area contributed by atoms with Crippen LogP contribution in [0.25, 0.3) is 5.52 Å². The van der Waals surface area contributed by atoms with Crippen LogP contribution in [0.15, 0.2) is 47.7 Å². The number of ether oxygens (including phenoxy) is 2. The van der Waals surface area contributed by atoms with Gasteiger partial charge >= 0.3 is 0 Å². The maximum absolute atomic E-state index is 12.3. The Morgan fingerprint density at radius 2 is 1.93 bits per heavy atom. The van der Waals surface area contributed by atoms with Gasteiger partial charge < -0.3 is 19.2 Å². The van der Waals surface area contributed by atoms with E-state index in [9.17, 15) is 9.59 Å². The lowest BCUT2D eigenvalue weighted by molar-refractivity contribution is -0.121. The Kier molecular flexibility index (Phi) is 6.31. The summed E-state index contributed by atoms with van der Waals surface area (Å²) in [6.07, 6.45) is 3.89. The molecule has 0 bridgehead atoms. The molecular formula is C20H24N4O4. The van der Waals surface area contributed by atoms with Crippen LogP contribution in [0.3, 0.4) is 0 Å². The Balaban J connectivity index is 1.56. The molecule has 0 aliphatic heterocycles. The van der Waals surface area contributed by atoms with Gasteiger partial charge in [-0.1, -0.05) is 6.07 Å². The Morgan fingerprint density at radius 1 is 1.14 bits per heavy atom. The molecule has 0 atom stereocenters. The summed E-state index contributed by atoms with van der Waals surface area (Å²) in [5.74, 6) is 1.15. The predicted octanol–water partition coefficient (Wildman–Crippen LogP) is 1.65. The standard InChI is InChI=1S/C20H24N4O4/c1-3-27-17-8-7-15(12-18(17)28-4-2)9-10-21-19(25)13-24-20(26)16-6-5-11-23(16)14-22-24/h5-8,11-12,14H,3-4,9-10,13H2,1-2H3,(H,21,25). The third-order valence-corrected chi connectivity index (χ3v) is 4.18. The first-order chi connectivity index (χ1) is 13.6. The maximum Gasteiger partial charge on any atom is 0.291 e. The molecule has 8 heteroatoms. The van der Waals surface area contributed by atoms with Crippen molar-refractivity contribution in [2.45, 2.75) is 26.8 Å². The molecule has 2 aromatic heterocycles. The number of amides is 1. The summed E-state index contributed by atoms with van der Waals surface area (Å²) in [7, 11) is 0. The zero-order valence-electron chi connectivity index (χ0n) is 16.1. The number of hydrogen-bond donors (Lipinski definition) is 1. The minimum atomic E-state index is -0.296. The normalized spacial score (nSPS) is 10.8. The first kappa shape index (κ1) is 19.5. The molecule has 0 aliphatic rings. The molecule has 3 rings (SSSR count). The highest BCUT2D eigenvalue weighted by Crippen LogP contribution is 2.28. The van der Waals surface area contributed by atoms with Crippen molar-refractivity contribution >= 4 is 11.4 Å². The van der Waals surface area contributed by atoms with Crippen LogP contribution in [0.5, 0.6) is 11.5 Å². The second kappa shape index (κ2) is 9.07. The van der Waals surface area contributed by atoms with E-state index in [0.29, 0.717) is 43.2 Å². The van der Waals surface area contributed by atoms with Crippen molar-refractivity contribution in [1.82, 2.24) is 19.5 Å². The van der Waals surface area contributed by atoms with Crippen LogP contribution in [0.4, 0.5) is 0 Å². The topological polar surface area (TPSA) is 86.9 Å². The van der Waals surface area contributed by atoms with Crippen molar-refractivity contribution in [3.63, 3.8) is 0 Å². The number of nitrogens with one attached hydrogen (secondary N) is 1. The van der Waals surface area contributed by atoms with Crippen LogP contribution in [0.2, 0.25) is 0 Å². The summed E-state index contributed by atoms with van der Waals surface area (Å²) >= 11 is 0. The maximum atomic E-state index is 12.3. The molecular weight excluding hydrogens is 360 g/mol. The van der Waals surface area contributed by atoms with Gasteiger partial charge in [-0.05, 0) is 50.1 Å². The first-order valence-electron chi connectivity index (χ1n) is 9.30. The van der Waals surface area contributed by atoms with Crippen LogP contribution in [-0.2, 0) is 17.8 Å². The number of hydrogen-bond acceptors (Lipinski definition) is 5. The lowest BCUT2D eigenvalue weighted by Gasteiger charge is -2.12. The molecule has 1 aromatic carbocycles. The molecule has 3 aromatic rings.